The molecule has 1 unspecified atom stereocenters. The molecule has 4 rings (SSSR count). The van der Waals surface area contributed by atoms with E-state index >= 15 is 0 Å². The van der Waals surface area contributed by atoms with E-state index in [1.165, 1.54) is 17.5 Å². The quantitative estimate of drug-likeness (QED) is 0.783. The van der Waals surface area contributed by atoms with Crippen LogP contribution in [0, 0.1) is 5.41 Å². The van der Waals surface area contributed by atoms with Gasteiger partial charge in [-0.2, -0.15) is 0 Å². The Balaban J connectivity index is 1.93. The second-order valence-corrected chi connectivity index (χ2v) is 7.02. The molecule has 2 fully saturated rings. The fourth-order valence-corrected chi connectivity index (χ4v) is 4.93. The molecule has 1 aliphatic heterocycles. The van der Waals surface area contributed by atoms with Crippen molar-refractivity contribution in [1.82, 2.24) is 10.6 Å². The van der Waals surface area contributed by atoms with E-state index in [9.17, 15) is 9.59 Å². The Morgan fingerprint density at radius 1 is 1.14 bits per heavy atom. The van der Waals surface area contributed by atoms with Crippen LogP contribution in [-0.2, 0) is 23.2 Å². The van der Waals surface area contributed by atoms with Crippen molar-refractivity contribution in [3.63, 3.8) is 0 Å². The van der Waals surface area contributed by atoms with Crippen molar-refractivity contribution in [3.8, 4) is 0 Å². The van der Waals surface area contributed by atoms with E-state index in [2.05, 4.69) is 35.8 Å². The molecule has 2 N–H and O–H groups in total. The number of carbonyl (C=O) groups excluding carboxylic acids is 2. The zero-order chi connectivity index (χ0) is 15.4. The molecular weight excluding hydrogens is 276 g/mol. The normalized spacial score (nSPS) is 28.8. The molecule has 1 saturated heterocycles. The summed E-state index contributed by atoms with van der Waals surface area (Å²) >= 11 is 0. The van der Waals surface area contributed by atoms with E-state index in [1.54, 1.807) is 0 Å². The van der Waals surface area contributed by atoms with E-state index in [4.69, 9.17) is 0 Å². The van der Waals surface area contributed by atoms with Crippen LogP contribution in [0.3, 0.4) is 0 Å². The Bertz CT molecular complexity index is 661. The number of carbonyl (C=O) groups is 2. The van der Waals surface area contributed by atoms with Gasteiger partial charge in [-0.1, -0.05) is 44.4 Å². The first-order valence-electron chi connectivity index (χ1n) is 8.37. The minimum absolute atomic E-state index is 0.143. The van der Waals surface area contributed by atoms with E-state index in [-0.39, 0.29) is 17.4 Å². The number of urea groups is 1. The van der Waals surface area contributed by atoms with Gasteiger partial charge in [-0.15, -0.1) is 0 Å². The monoisotopic (exact) mass is 298 g/mol. The lowest BCUT2D eigenvalue weighted by Crippen LogP contribution is -2.55. The zero-order valence-electron chi connectivity index (χ0n) is 13.0. The first-order valence-corrected chi connectivity index (χ1v) is 8.37. The summed E-state index contributed by atoms with van der Waals surface area (Å²) in [6, 6.07) is 6.12. The van der Waals surface area contributed by atoms with Gasteiger partial charge in [0.25, 0.3) is 5.91 Å². The van der Waals surface area contributed by atoms with Gasteiger partial charge in [-0.3, -0.25) is 10.1 Å². The molecule has 2 aliphatic carbocycles. The SMILES string of the molecule is CCc1ccc2c(c1)C1(NC(=O)NC1=O)C1(CCCCC1)C2. The van der Waals surface area contributed by atoms with Gasteiger partial charge >= 0.3 is 6.03 Å². The van der Waals surface area contributed by atoms with Crippen LogP contribution in [0.5, 0.6) is 0 Å². The number of hydrogen-bond donors (Lipinski definition) is 2. The molecule has 4 heteroatoms. The predicted molar refractivity (Wildman–Crippen MR) is 83.4 cm³/mol. The molecule has 116 valence electrons. The number of benzene rings is 1. The first-order chi connectivity index (χ1) is 10.6. The Kier molecular flexibility index (Phi) is 2.87. The van der Waals surface area contributed by atoms with Gasteiger partial charge in [0.1, 0.15) is 0 Å². The summed E-state index contributed by atoms with van der Waals surface area (Å²) in [6.07, 6.45) is 7.36. The Labute approximate surface area is 130 Å². The number of imide groups is 1. The van der Waals surface area contributed by atoms with Crippen LogP contribution < -0.4 is 10.6 Å². The van der Waals surface area contributed by atoms with Crippen LogP contribution in [0.1, 0.15) is 55.7 Å². The van der Waals surface area contributed by atoms with Gasteiger partial charge in [0.15, 0.2) is 5.54 Å². The molecule has 1 saturated carbocycles. The van der Waals surface area contributed by atoms with Crippen LogP contribution >= 0.6 is 0 Å². The summed E-state index contributed by atoms with van der Waals surface area (Å²) < 4.78 is 0. The molecule has 2 spiro atoms. The van der Waals surface area contributed by atoms with Crippen molar-refractivity contribution in [3.05, 3.63) is 34.9 Å². The summed E-state index contributed by atoms with van der Waals surface area (Å²) in [5.74, 6) is -0.147. The third kappa shape index (κ3) is 1.58. The highest BCUT2D eigenvalue weighted by Gasteiger charge is 2.65. The molecule has 0 aromatic heterocycles. The van der Waals surface area contributed by atoms with E-state index < -0.39 is 5.54 Å². The maximum Gasteiger partial charge on any atom is 0.322 e. The van der Waals surface area contributed by atoms with Gasteiger partial charge in [0.05, 0.1) is 0 Å². The van der Waals surface area contributed by atoms with Crippen LogP contribution in [0.25, 0.3) is 0 Å². The zero-order valence-corrected chi connectivity index (χ0v) is 13.0. The molecule has 1 aromatic rings. The Morgan fingerprint density at radius 2 is 1.91 bits per heavy atom. The van der Waals surface area contributed by atoms with Crippen molar-refractivity contribution in [2.24, 2.45) is 5.41 Å². The highest BCUT2D eigenvalue weighted by molar-refractivity contribution is 6.08. The fourth-order valence-electron chi connectivity index (χ4n) is 4.93. The summed E-state index contributed by atoms with van der Waals surface area (Å²) in [4.78, 5) is 24.8. The second kappa shape index (κ2) is 4.58. The van der Waals surface area contributed by atoms with E-state index in [1.807, 2.05) is 0 Å². The second-order valence-electron chi connectivity index (χ2n) is 7.02. The lowest BCUT2D eigenvalue weighted by atomic mass is 9.62. The number of rotatable bonds is 1. The first kappa shape index (κ1) is 13.8. The lowest BCUT2D eigenvalue weighted by Gasteiger charge is -2.44. The van der Waals surface area contributed by atoms with Crippen molar-refractivity contribution in [1.29, 1.82) is 0 Å². The van der Waals surface area contributed by atoms with Gasteiger partial charge < -0.3 is 5.32 Å². The molecule has 1 aromatic carbocycles. The van der Waals surface area contributed by atoms with E-state index in [0.717, 1.165) is 44.1 Å². The molecule has 22 heavy (non-hydrogen) atoms. The minimum atomic E-state index is -0.842. The number of fused-ring (bicyclic) bond motifs is 3. The molecule has 3 aliphatic rings. The number of nitrogens with one attached hydrogen (secondary N) is 2. The summed E-state index contributed by atoms with van der Waals surface area (Å²) in [7, 11) is 0. The van der Waals surface area contributed by atoms with Gasteiger partial charge in [0, 0.05) is 5.41 Å². The largest absolute Gasteiger partial charge is 0.322 e. The standard InChI is InChI=1S/C18H22N2O2/c1-2-12-6-7-13-11-17(8-4-3-5-9-17)18(14(13)10-12)15(21)19-16(22)20-18/h6-7,10H,2-5,8-9,11H2,1H3,(H2,19,20,21,22). The van der Waals surface area contributed by atoms with Gasteiger partial charge in [-0.25, -0.2) is 4.79 Å². The van der Waals surface area contributed by atoms with Crippen LogP contribution in [0.15, 0.2) is 18.2 Å². The number of hydrogen-bond acceptors (Lipinski definition) is 2. The van der Waals surface area contributed by atoms with Crippen molar-refractivity contribution >= 4 is 11.9 Å². The van der Waals surface area contributed by atoms with Crippen molar-refractivity contribution < 1.29 is 9.59 Å². The van der Waals surface area contributed by atoms with Crippen LogP contribution in [-0.4, -0.2) is 11.9 Å². The smallest absolute Gasteiger partial charge is 0.319 e. The molecule has 0 radical (unpaired) electrons. The topological polar surface area (TPSA) is 58.2 Å². The summed E-state index contributed by atoms with van der Waals surface area (Å²) in [6.45, 7) is 2.12. The molecule has 0 bridgehead atoms. The summed E-state index contributed by atoms with van der Waals surface area (Å²) in [5.41, 5.74) is 2.51. The van der Waals surface area contributed by atoms with Crippen LogP contribution in [0.2, 0.25) is 0 Å². The van der Waals surface area contributed by atoms with Crippen LogP contribution in [0.4, 0.5) is 4.79 Å². The summed E-state index contributed by atoms with van der Waals surface area (Å²) in [5, 5.41) is 5.56. The van der Waals surface area contributed by atoms with E-state index in [0.29, 0.717) is 0 Å². The average Bonchev–Trinajstić information content (AvgIpc) is 2.96. The predicted octanol–water partition coefficient (Wildman–Crippen LogP) is 2.79. The third-order valence-electron chi connectivity index (χ3n) is 5.99. The van der Waals surface area contributed by atoms with Gasteiger partial charge in [-0.05, 0) is 42.4 Å². The van der Waals surface area contributed by atoms with Crippen molar-refractivity contribution in [2.45, 2.75) is 57.4 Å². The fraction of sp³-hybridized carbons (Fsp3) is 0.556. The number of aryl methyl sites for hydroxylation is 1. The maximum atomic E-state index is 12.9. The minimum Gasteiger partial charge on any atom is -0.319 e. The lowest BCUT2D eigenvalue weighted by molar-refractivity contribution is -0.130. The molecule has 1 atom stereocenters. The molecule has 1 heterocycles. The highest BCUT2D eigenvalue weighted by Crippen LogP contribution is 2.58. The number of amides is 3. The Hall–Kier alpha value is -1.84. The third-order valence-corrected chi connectivity index (χ3v) is 5.99. The maximum absolute atomic E-state index is 12.9. The molecular formula is C18H22N2O2. The highest BCUT2D eigenvalue weighted by atomic mass is 16.2. The average molecular weight is 298 g/mol. The van der Waals surface area contributed by atoms with Crippen molar-refractivity contribution in [2.75, 3.05) is 0 Å². The van der Waals surface area contributed by atoms with Gasteiger partial charge in [0.2, 0.25) is 0 Å². The Morgan fingerprint density at radius 3 is 2.55 bits per heavy atom. The molecule has 3 amide bonds. The molecule has 4 nitrogen and oxygen atoms in total.